The molecule has 0 atom stereocenters. The number of aromatic nitrogens is 4. The first kappa shape index (κ1) is 23.7. The second-order valence-corrected chi connectivity index (χ2v) is 8.50. The summed E-state index contributed by atoms with van der Waals surface area (Å²) in [5.74, 6) is -0.202. The van der Waals surface area contributed by atoms with Gasteiger partial charge >= 0.3 is 6.18 Å². The second kappa shape index (κ2) is 9.05. The number of alkyl halides is 3. The Balaban J connectivity index is 1.68. The lowest BCUT2D eigenvalue weighted by molar-refractivity contribution is -0.140. The highest BCUT2D eigenvalue weighted by Crippen LogP contribution is 2.32. The summed E-state index contributed by atoms with van der Waals surface area (Å²) in [6, 6.07) is 8.92. The van der Waals surface area contributed by atoms with Gasteiger partial charge in [-0.25, -0.2) is 9.97 Å². The van der Waals surface area contributed by atoms with Crippen LogP contribution in [0.1, 0.15) is 33.0 Å². The molecule has 0 aliphatic rings. The van der Waals surface area contributed by atoms with Crippen molar-refractivity contribution in [1.29, 1.82) is 0 Å². The van der Waals surface area contributed by atoms with Gasteiger partial charge in [0, 0.05) is 22.1 Å². The maximum Gasteiger partial charge on any atom is 0.433 e. The molecule has 4 aromatic rings. The highest BCUT2D eigenvalue weighted by Gasteiger charge is 2.34. The van der Waals surface area contributed by atoms with Gasteiger partial charge in [-0.3, -0.25) is 9.48 Å². The van der Waals surface area contributed by atoms with Crippen LogP contribution in [0.2, 0.25) is 0 Å². The Hall–Kier alpha value is -3.47. The summed E-state index contributed by atoms with van der Waals surface area (Å²) in [5.41, 5.74) is 1.27. The minimum absolute atomic E-state index is 0.0688. The number of carbonyl (C=O) groups is 1. The van der Waals surface area contributed by atoms with Gasteiger partial charge in [0.05, 0.1) is 41.8 Å². The van der Waals surface area contributed by atoms with Gasteiger partial charge in [-0.2, -0.15) is 18.3 Å². The van der Waals surface area contributed by atoms with Crippen molar-refractivity contribution in [2.75, 3.05) is 12.4 Å². The van der Waals surface area contributed by atoms with Crippen molar-refractivity contribution in [2.24, 2.45) is 0 Å². The van der Waals surface area contributed by atoms with Gasteiger partial charge in [-0.1, -0.05) is 22.0 Å². The number of benzene rings is 1. The highest BCUT2D eigenvalue weighted by atomic mass is 79.9. The van der Waals surface area contributed by atoms with Gasteiger partial charge < -0.3 is 10.1 Å². The van der Waals surface area contributed by atoms with Crippen molar-refractivity contribution in [3.05, 3.63) is 75.3 Å². The number of ether oxygens (including phenoxy) is 1. The van der Waals surface area contributed by atoms with E-state index in [0.717, 1.165) is 11.6 Å². The molecule has 11 heteroatoms. The average molecular weight is 534 g/mol. The number of nitrogens with one attached hydrogen (secondary N) is 1. The standard InChI is InChI=1S/C23H19BrF3N5O2/c1-12-21(13(2)32(31-12)11-14-4-7-20(34-3)28-10-14)30-22(33)17-9-19(23(25,26)27)29-18-6-5-15(24)8-16(17)18/h4-10H,11H2,1-3H3,(H,30,33). The Morgan fingerprint density at radius 3 is 2.59 bits per heavy atom. The molecule has 1 N–H and O–H groups in total. The number of amides is 1. The van der Waals surface area contributed by atoms with Crippen LogP contribution in [0.5, 0.6) is 5.88 Å². The van der Waals surface area contributed by atoms with E-state index in [-0.39, 0.29) is 11.1 Å². The molecule has 34 heavy (non-hydrogen) atoms. The minimum atomic E-state index is -4.70. The predicted octanol–water partition coefficient (Wildman–Crippen LogP) is 5.53. The van der Waals surface area contributed by atoms with Crippen molar-refractivity contribution in [3.8, 4) is 5.88 Å². The topological polar surface area (TPSA) is 81.9 Å². The Bertz CT molecular complexity index is 1380. The van der Waals surface area contributed by atoms with E-state index >= 15 is 0 Å². The normalized spacial score (nSPS) is 11.6. The third-order valence-electron chi connectivity index (χ3n) is 5.26. The Labute approximate surface area is 201 Å². The third kappa shape index (κ3) is 4.74. The molecule has 0 fully saturated rings. The van der Waals surface area contributed by atoms with Crippen LogP contribution in [0.25, 0.3) is 10.9 Å². The Morgan fingerprint density at radius 2 is 1.94 bits per heavy atom. The summed E-state index contributed by atoms with van der Waals surface area (Å²) in [5, 5.41) is 7.51. The molecule has 0 bridgehead atoms. The average Bonchev–Trinajstić information content (AvgIpc) is 3.05. The number of hydrogen-bond acceptors (Lipinski definition) is 5. The summed E-state index contributed by atoms with van der Waals surface area (Å²) < 4.78 is 47.6. The Morgan fingerprint density at radius 1 is 1.18 bits per heavy atom. The lowest BCUT2D eigenvalue weighted by atomic mass is 10.1. The lowest BCUT2D eigenvalue weighted by Gasteiger charge is -2.13. The van der Waals surface area contributed by atoms with Crippen LogP contribution in [0, 0.1) is 13.8 Å². The summed E-state index contributed by atoms with van der Waals surface area (Å²) in [7, 11) is 1.53. The van der Waals surface area contributed by atoms with Crippen molar-refractivity contribution in [2.45, 2.75) is 26.6 Å². The van der Waals surface area contributed by atoms with Gasteiger partial charge in [0.2, 0.25) is 5.88 Å². The van der Waals surface area contributed by atoms with E-state index in [1.54, 1.807) is 42.9 Å². The van der Waals surface area contributed by atoms with Crippen LogP contribution in [-0.4, -0.2) is 32.8 Å². The predicted molar refractivity (Wildman–Crippen MR) is 124 cm³/mol. The van der Waals surface area contributed by atoms with Gasteiger partial charge in [-0.05, 0) is 43.7 Å². The maximum absolute atomic E-state index is 13.4. The summed E-state index contributed by atoms with van der Waals surface area (Å²) in [4.78, 5) is 21.0. The molecule has 0 aliphatic heterocycles. The number of hydrogen-bond donors (Lipinski definition) is 1. The SMILES string of the molecule is COc1ccc(Cn2nc(C)c(NC(=O)c3cc(C(F)(F)F)nc4ccc(Br)cc34)c2C)cn1. The lowest BCUT2D eigenvalue weighted by Crippen LogP contribution is -2.17. The quantitative estimate of drug-likeness (QED) is 0.364. The fourth-order valence-corrected chi connectivity index (χ4v) is 3.90. The molecule has 176 valence electrons. The van der Waals surface area contributed by atoms with Crippen LogP contribution in [0.4, 0.5) is 18.9 Å². The van der Waals surface area contributed by atoms with Gasteiger partial charge in [0.15, 0.2) is 0 Å². The molecule has 1 amide bonds. The highest BCUT2D eigenvalue weighted by molar-refractivity contribution is 9.10. The number of aryl methyl sites for hydroxylation is 1. The van der Waals surface area contributed by atoms with Crippen LogP contribution in [-0.2, 0) is 12.7 Å². The van der Waals surface area contributed by atoms with E-state index in [9.17, 15) is 18.0 Å². The number of methoxy groups -OCH3 is 1. The minimum Gasteiger partial charge on any atom is -0.481 e. The molecule has 0 unspecified atom stereocenters. The largest absolute Gasteiger partial charge is 0.481 e. The number of carbonyl (C=O) groups excluding carboxylic acids is 1. The molecule has 7 nitrogen and oxygen atoms in total. The van der Waals surface area contributed by atoms with E-state index in [4.69, 9.17) is 4.74 Å². The second-order valence-electron chi connectivity index (χ2n) is 7.58. The van der Waals surface area contributed by atoms with Gasteiger partial charge in [0.25, 0.3) is 5.91 Å². The maximum atomic E-state index is 13.4. The molecule has 0 spiro atoms. The number of rotatable bonds is 5. The van der Waals surface area contributed by atoms with Crippen LogP contribution >= 0.6 is 15.9 Å². The number of pyridine rings is 2. The molecule has 0 radical (unpaired) electrons. The summed E-state index contributed by atoms with van der Waals surface area (Å²) >= 11 is 3.30. The molecule has 0 aliphatic carbocycles. The van der Waals surface area contributed by atoms with E-state index < -0.39 is 17.8 Å². The summed E-state index contributed by atoms with van der Waals surface area (Å²) in [6.07, 6.45) is -3.04. The monoisotopic (exact) mass is 533 g/mol. The van der Waals surface area contributed by atoms with E-state index in [0.29, 0.717) is 39.4 Å². The fraction of sp³-hybridized carbons (Fsp3) is 0.217. The van der Waals surface area contributed by atoms with Crippen molar-refractivity contribution in [1.82, 2.24) is 19.7 Å². The molecule has 0 saturated carbocycles. The summed E-state index contributed by atoms with van der Waals surface area (Å²) in [6.45, 7) is 3.88. The van der Waals surface area contributed by atoms with Crippen LogP contribution < -0.4 is 10.1 Å². The van der Waals surface area contributed by atoms with Crippen molar-refractivity contribution in [3.63, 3.8) is 0 Å². The molecular formula is C23H19BrF3N5O2. The van der Waals surface area contributed by atoms with E-state index in [1.165, 1.54) is 13.2 Å². The zero-order valence-corrected chi connectivity index (χ0v) is 20.0. The fourth-order valence-electron chi connectivity index (χ4n) is 3.54. The van der Waals surface area contributed by atoms with E-state index in [1.807, 2.05) is 6.07 Å². The Kier molecular flexibility index (Phi) is 6.30. The first-order valence-electron chi connectivity index (χ1n) is 10.1. The zero-order chi connectivity index (χ0) is 24.6. The van der Waals surface area contributed by atoms with Crippen molar-refractivity contribution < 1.29 is 22.7 Å². The number of nitrogens with zero attached hydrogens (tertiary/aromatic N) is 4. The molecule has 0 saturated heterocycles. The number of fused-ring (bicyclic) bond motifs is 1. The van der Waals surface area contributed by atoms with E-state index in [2.05, 4.69) is 36.3 Å². The third-order valence-corrected chi connectivity index (χ3v) is 5.76. The zero-order valence-electron chi connectivity index (χ0n) is 18.4. The number of anilines is 1. The molecule has 4 rings (SSSR count). The van der Waals surface area contributed by atoms with Crippen LogP contribution in [0.3, 0.4) is 0 Å². The first-order valence-corrected chi connectivity index (χ1v) is 10.9. The number of halogens is 4. The molecule has 3 heterocycles. The molecule has 3 aromatic heterocycles. The van der Waals surface area contributed by atoms with Crippen LogP contribution in [0.15, 0.2) is 47.1 Å². The molecule has 1 aromatic carbocycles. The first-order chi connectivity index (χ1) is 16.1. The smallest absolute Gasteiger partial charge is 0.433 e. The van der Waals surface area contributed by atoms with Gasteiger partial charge in [0.1, 0.15) is 5.69 Å². The molecular weight excluding hydrogens is 515 g/mol. The van der Waals surface area contributed by atoms with Crippen molar-refractivity contribution >= 4 is 38.4 Å². The van der Waals surface area contributed by atoms with Gasteiger partial charge in [-0.15, -0.1) is 0 Å².